The van der Waals surface area contributed by atoms with Gasteiger partial charge in [0.1, 0.15) is 0 Å². The molecule has 1 saturated heterocycles. The number of hydrogen-bond donors (Lipinski definition) is 1. The highest BCUT2D eigenvalue weighted by atomic mass is 79.9. The standard InChI is InChI=1S/C13H14BrF3N2O/c14-9-3-4-10(11(18)6-9)12(20)19-5-1-2-8(7-19)13(15,16)17/h3-4,6,8H,1-2,5,7,18H2. The van der Waals surface area contributed by atoms with Crippen molar-refractivity contribution in [2.75, 3.05) is 18.8 Å². The highest BCUT2D eigenvalue weighted by Crippen LogP contribution is 2.34. The summed E-state index contributed by atoms with van der Waals surface area (Å²) >= 11 is 3.22. The SMILES string of the molecule is Nc1cc(Br)ccc1C(=O)N1CCCC(C(F)(F)F)C1. The van der Waals surface area contributed by atoms with E-state index >= 15 is 0 Å². The third kappa shape index (κ3) is 3.26. The number of piperidine rings is 1. The van der Waals surface area contributed by atoms with Gasteiger partial charge in [0.25, 0.3) is 5.91 Å². The maximum absolute atomic E-state index is 12.7. The summed E-state index contributed by atoms with van der Waals surface area (Å²) in [5.41, 5.74) is 6.26. The predicted molar refractivity (Wildman–Crippen MR) is 73.2 cm³/mol. The van der Waals surface area contributed by atoms with Crippen LogP contribution in [0.25, 0.3) is 0 Å². The number of alkyl halides is 3. The average Bonchev–Trinajstić information content (AvgIpc) is 2.37. The molecule has 20 heavy (non-hydrogen) atoms. The predicted octanol–water partition coefficient (Wildman–Crippen LogP) is 3.45. The molecule has 1 heterocycles. The third-order valence-corrected chi connectivity index (χ3v) is 3.91. The number of anilines is 1. The maximum Gasteiger partial charge on any atom is 0.393 e. The Morgan fingerprint density at radius 1 is 1.40 bits per heavy atom. The molecule has 7 heteroatoms. The summed E-state index contributed by atoms with van der Waals surface area (Å²) in [6, 6.07) is 4.74. The van der Waals surface area contributed by atoms with Gasteiger partial charge in [0.15, 0.2) is 0 Å². The lowest BCUT2D eigenvalue weighted by Gasteiger charge is -2.34. The van der Waals surface area contributed by atoms with Gasteiger partial charge in [-0.2, -0.15) is 13.2 Å². The van der Waals surface area contributed by atoms with Gasteiger partial charge in [0, 0.05) is 23.2 Å². The molecule has 0 radical (unpaired) electrons. The van der Waals surface area contributed by atoms with E-state index in [9.17, 15) is 18.0 Å². The van der Waals surface area contributed by atoms with E-state index in [2.05, 4.69) is 15.9 Å². The molecule has 2 rings (SSSR count). The van der Waals surface area contributed by atoms with Gasteiger partial charge in [0.2, 0.25) is 0 Å². The van der Waals surface area contributed by atoms with Gasteiger partial charge in [-0.05, 0) is 31.0 Å². The van der Waals surface area contributed by atoms with Gasteiger partial charge >= 0.3 is 6.18 Å². The highest BCUT2D eigenvalue weighted by molar-refractivity contribution is 9.10. The van der Waals surface area contributed by atoms with E-state index in [1.807, 2.05) is 0 Å². The largest absolute Gasteiger partial charge is 0.398 e. The zero-order valence-corrected chi connectivity index (χ0v) is 12.2. The van der Waals surface area contributed by atoms with E-state index in [4.69, 9.17) is 5.73 Å². The Morgan fingerprint density at radius 3 is 2.70 bits per heavy atom. The molecule has 0 saturated carbocycles. The summed E-state index contributed by atoms with van der Waals surface area (Å²) < 4.78 is 39.0. The normalized spacial score (nSPS) is 20.0. The summed E-state index contributed by atoms with van der Waals surface area (Å²) in [6.45, 7) is 0.0404. The quantitative estimate of drug-likeness (QED) is 0.788. The molecule has 1 aliphatic rings. The summed E-state index contributed by atoms with van der Waals surface area (Å²) in [4.78, 5) is 13.5. The molecule has 1 aliphatic heterocycles. The second-order valence-corrected chi connectivity index (χ2v) is 5.78. The minimum absolute atomic E-state index is 0.0725. The van der Waals surface area contributed by atoms with E-state index in [0.29, 0.717) is 13.0 Å². The first kappa shape index (κ1) is 15.2. The Labute approximate surface area is 123 Å². The molecular weight excluding hydrogens is 337 g/mol. The molecule has 0 aromatic heterocycles. The van der Waals surface area contributed by atoms with Crippen LogP contribution in [0.3, 0.4) is 0 Å². The number of halogens is 4. The van der Waals surface area contributed by atoms with Gasteiger partial charge in [-0.3, -0.25) is 4.79 Å². The van der Waals surface area contributed by atoms with Crippen LogP contribution in [0.4, 0.5) is 18.9 Å². The van der Waals surface area contributed by atoms with Crippen LogP contribution in [0.1, 0.15) is 23.2 Å². The Hall–Kier alpha value is -1.24. The van der Waals surface area contributed by atoms with Crippen molar-refractivity contribution < 1.29 is 18.0 Å². The number of likely N-dealkylation sites (tertiary alicyclic amines) is 1. The van der Waals surface area contributed by atoms with Crippen molar-refractivity contribution in [1.29, 1.82) is 0 Å². The molecule has 2 N–H and O–H groups in total. The van der Waals surface area contributed by atoms with Gasteiger partial charge in [-0.15, -0.1) is 0 Å². The van der Waals surface area contributed by atoms with Gasteiger partial charge in [-0.1, -0.05) is 15.9 Å². The van der Waals surface area contributed by atoms with Crippen LogP contribution in [0.15, 0.2) is 22.7 Å². The van der Waals surface area contributed by atoms with E-state index in [1.165, 1.54) is 11.0 Å². The molecular formula is C13H14BrF3N2O. The third-order valence-electron chi connectivity index (χ3n) is 3.42. The number of rotatable bonds is 1. The zero-order valence-electron chi connectivity index (χ0n) is 10.6. The number of benzene rings is 1. The molecule has 1 amide bonds. The Morgan fingerprint density at radius 2 is 2.10 bits per heavy atom. The summed E-state index contributed by atoms with van der Waals surface area (Å²) in [6.07, 6.45) is -3.83. The molecule has 1 unspecified atom stereocenters. The number of nitrogens with zero attached hydrogens (tertiary/aromatic N) is 1. The van der Waals surface area contributed by atoms with E-state index in [-0.39, 0.29) is 24.2 Å². The van der Waals surface area contributed by atoms with E-state index < -0.39 is 18.0 Å². The molecule has 1 fully saturated rings. The van der Waals surface area contributed by atoms with Crippen molar-refractivity contribution in [1.82, 2.24) is 4.90 Å². The number of amides is 1. The maximum atomic E-state index is 12.7. The van der Waals surface area contributed by atoms with Crippen LogP contribution in [-0.2, 0) is 0 Å². The molecule has 1 aromatic carbocycles. The topological polar surface area (TPSA) is 46.3 Å². The van der Waals surface area contributed by atoms with Gasteiger partial charge < -0.3 is 10.6 Å². The average molecular weight is 351 g/mol. The van der Waals surface area contributed by atoms with Crippen molar-refractivity contribution in [3.8, 4) is 0 Å². The van der Waals surface area contributed by atoms with Crippen molar-refractivity contribution in [3.63, 3.8) is 0 Å². The summed E-state index contributed by atoms with van der Waals surface area (Å²) in [7, 11) is 0. The molecule has 3 nitrogen and oxygen atoms in total. The first-order valence-electron chi connectivity index (χ1n) is 6.20. The van der Waals surface area contributed by atoms with Crippen LogP contribution in [0.5, 0.6) is 0 Å². The molecule has 1 aromatic rings. The van der Waals surface area contributed by atoms with Crippen LogP contribution in [-0.4, -0.2) is 30.1 Å². The first-order valence-corrected chi connectivity index (χ1v) is 6.99. The van der Waals surface area contributed by atoms with Gasteiger partial charge in [0.05, 0.1) is 11.5 Å². The summed E-state index contributed by atoms with van der Waals surface area (Å²) in [5, 5.41) is 0. The fourth-order valence-corrected chi connectivity index (χ4v) is 2.71. The van der Waals surface area contributed by atoms with Crippen molar-refractivity contribution in [2.24, 2.45) is 5.92 Å². The molecule has 0 aliphatic carbocycles. The minimum atomic E-state index is -4.26. The lowest BCUT2D eigenvalue weighted by Crippen LogP contribution is -2.44. The van der Waals surface area contributed by atoms with Crippen LogP contribution in [0.2, 0.25) is 0 Å². The van der Waals surface area contributed by atoms with Crippen molar-refractivity contribution in [3.05, 3.63) is 28.2 Å². The molecule has 110 valence electrons. The highest BCUT2D eigenvalue weighted by Gasteiger charge is 2.42. The van der Waals surface area contributed by atoms with Gasteiger partial charge in [-0.25, -0.2) is 0 Å². The van der Waals surface area contributed by atoms with Crippen molar-refractivity contribution in [2.45, 2.75) is 19.0 Å². The van der Waals surface area contributed by atoms with Crippen LogP contribution in [0, 0.1) is 5.92 Å². The Balaban J connectivity index is 2.16. The zero-order chi connectivity index (χ0) is 14.9. The number of nitrogen functional groups attached to an aromatic ring is 1. The molecule has 0 bridgehead atoms. The number of carbonyl (C=O) groups excluding carboxylic acids is 1. The number of carbonyl (C=O) groups is 1. The first-order chi connectivity index (χ1) is 9.29. The number of nitrogens with two attached hydrogens (primary N) is 1. The number of hydrogen-bond acceptors (Lipinski definition) is 2. The second kappa shape index (κ2) is 5.63. The molecule has 1 atom stereocenters. The van der Waals surface area contributed by atoms with Crippen molar-refractivity contribution >= 4 is 27.5 Å². The monoisotopic (exact) mass is 350 g/mol. The summed E-state index contributed by atoms with van der Waals surface area (Å²) in [5.74, 6) is -1.89. The lowest BCUT2D eigenvalue weighted by molar-refractivity contribution is -0.184. The van der Waals surface area contributed by atoms with E-state index in [1.54, 1.807) is 12.1 Å². The van der Waals surface area contributed by atoms with E-state index in [0.717, 1.165) is 4.47 Å². The van der Waals surface area contributed by atoms with Crippen LogP contribution < -0.4 is 5.73 Å². The fraction of sp³-hybridized carbons (Fsp3) is 0.462. The fourth-order valence-electron chi connectivity index (χ4n) is 2.33. The smallest absolute Gasteiger partial charge is 0.393 e. The van der Waals surface area contributed by atoms with Crippen LogP contribution >= 0.6 is 15.9 Å². The molecule has 0 spiro atoms. The lowest BCUT2D eigenvalue weighted by atomic mass is 9.96. The Bertz CT molecular complexity index is 519. The second-order valence-electron chi connectivity index (χ2n) is 4.86. The minimum Gasteiger partial charge on any atom is -0.398 e. The Kier molecular flexibility index (Phi) is 4.27.